The Labute approximate surface area is 235 Å². The summed E-state index contributed by atoms with van der Waals surface area (Å²) in [6.45, 7) is 16.6. The molecule has 0 amide bonds. The lowest BCUT2D eigenvalue weighted by atomic mass is 9.63. The van der Waals surface area contributed by atoms with Gasteiger partial charge < -0.3 is 0 Å². The monoisotopic (exact) mass is 527 g/mol. The number of pyridine rings is 1. The Kier molecular flexibility index (Phi) is 5.18. The quantitative estimate of drug-likeness (QED) is 0.207. The number of hydrogen-bond donors (Lipinski definition) is 0. The van der Waals surface area contributed by atoms with Crippen molar-refractivity contribution in [2.24, 2.45) is 0 Å². The van der Waals surface area contributed by atoms with E-state index in [4.69, 9.17) is 4.98 Å². The predicted molar refractivity (Wildman–Crippen MR) is 172 cm³/mol. The number of thiophene rings is 1. The van der Waals surface area contributed by atoms with Gasteiger partial charge in [-0.25, -0.2) is 0 Å². The molecule has 0 unspecified atom stereocenters. The van der Waals surface area contributed by atoms with Crippen molar-refractivity contribution < 1.29 is 0 Å². The Bertz CT molecular complexity index is 1940. The number of rotatable bonds is 1. The summed E-state index contributed by atoms with van der Waals surface area (Å²) in [7, 11) is 0. The van der Waals surface area contributed by atoms with Crippen LogP contribution in [0, 0.1) is 0 Å². The smallest absolute Gasteiger partial charge is 0.0781 e. The molecule has 4 aromatic carbocycles. The fourth-order valence-corrected chi connectivity index (χ4v) is 7.95. The van der Waals surface area contributed by atoms with Gasteiger partial charge in [0.05, 0.1) is 5.69 Å². The van der Waals surface area contributed by atoms with Crippen LogP contribution >= 0.6 is 11.3 Å². The summed E-state index contributed by atoms with van der Waals surface area (Å²) in [5, 5.41) is 7.87. The maximum absolute atomic E-state index is 4.97. The van der Waals surface area contributed by atoms with Gasteiger partial charge >= 0.3 is 0 Å². The van der Waals surface area contributed by atoms with Gasteiger partial charge in [0, 0.05) is 37.3 Å². The first kappa shape index (κ1) is 24.8. The first-order chi connectivity index (χ1) is 18.4. The van der Waals surface area contributed by atoms with Crippen molar-refractivity contribution in [2.45, 2.75) is 77.6 Å². The van der Waals surface area contributed by atoms with E-state index in [-0.39, 0.29) is 16.2 Å². The van der Waals surface area contributed by atoms with Gasteiger partial charge in [-0.2, -0.15) is 0 Å². The summed E-state index contributed by atoms with van der Waals surface area (Å²) in [5.74, 6) is 0. The molecule has 1 aliphatic rings. The molecule has 1 nitrogen and oxygen atoms in total. The Balaban J connectivity index is 1.49. The van der Waals surface area contributed by atoms with Gasteiger partial charge in [-0.05, 0) is 104 Å². The van der Waals surface area contributed by atoms with E-state index in [0.717, 1.165) is 5.69 Å². The zero-order valence-corrected chi connectivity index (χ0v) is 25.0. The normalized spacial score (nSPS) is 16.8. The molecule has 7 rings (SSSR count). The second kappa shape index (κ2) is 8.15. The highest BCUT2D eigenvalue weighted by molar-refractivity contribution is 7.25. The number of aromatic nitrogens is 1. The van der Waals surface area contributed by atoms with Crippen LogP contribution in [-0.4, -0.2) is 4.98 Å². The Morgan fingerprint density at radius 1 is 0.667 bits per heavy atom. The average molecular weight is 528 g/mol. The number of hydrogen-bond acceptors (Lipinski definition) is 2. The van der Waals surface area contributed by atoms with Crippen LogP contribution in [0.5, 0.6) is 0 Å². The first-order valence-electron chi connectivity index (χ1n) is 14.3. The second-order valence-corrected chi connectivity index (χ2v) is 15.1. The maximum atomic E-state index is 4.97. The summed E-state index contributed by atoms with van der Waals surface area (Å²) in [5.41, 5.74) is 7.18. The van der Waals surface area contributed by atoms with E-state index in [2.05, 4.69) is 115 Å². The fourth-order valence-electron chi connectivity index (χ4n) is 6.80. The summed E-state index contributed by atoms with van der Waals surface area (Å²) in [6, 6.07) is 25.5. The van der Waals surface area contributed by atoms with E-state index in [1.165, 1.54) is 76.8 Å². The van der Waals surface area contributed by atoms with Gasteiger partial charge in [-0.3, -0.25) is 4.98 Å². The SMILES string of the molecule is CC(C)(C)c1cc(-c2nccc3cc4c(cc23)sc2cc3c(cc24)C(C)(C)CCC3(C)C)cc2ccccc12. The van der Waals surface area contributed by atoms with Crippen molar-refractivity contribution in [3.8, 4) is 11.3 Å². The molecule has 0 bridgehead atoms. The van der Waals surface area contributed by atoms with E-state index in [0.29, 0.717) is 0 Å². The van der Waals surface area contributed by atoms with E-state index in [1.54, 1.807) is 0 Å². The molecule has 0 aliphatic heterocycles. The Hall–Kier alpha value is -3.23. The summed E-state index contributed by atoms with van der Waals surface area (Å²) in [4.78, 5) is 4.97. The van der Waals surface area contributed by atoms with Crippen molar-refractivity contribution in [1.82, 2.24) is 4.98 Å². The third-order valence-corrected chi connectivity index (χ3v) is 10.4. The zero-order valence-electron chi connectivity index (χ0n) is 24.2. The highest BCUT2D eigenvalue weighted by Gasteiger charge is 2.37. The molecular formula is C37H37NS. The molecule has 0 N–H and O–H groups in total. The molecular weight excluding hydrogens is 490 g/mol. The second-order valence-electron chi connectivity index (χ2n) is 14.0. The fraction of sp³-hybridized carbons (Fsp3) is 0.324. The van der Waals surface area contributed by atoms with Crippen LogP contribution < -0.4 is 0 Å². The minimum absolute atomic E-state index is 0.0413. The van der Waals surface area contributed by atoms with Gasteiger partial charge in [0.1, 0.15) is 0 Å². The summed E-state index contributed by atoms with van der Waals surface area (Å²) >= 11 is 1.94. The van der Waals surface area contributed by atoms with Crippen LogP contribution in [0.15, 0.2) is 72.9 Å². The first-order valence-corrected chi connectivity index (χ1v) is 15.1. The average Bonchev–Trinajstić information content (AvgIpc) is 3.24. The molecule has 196 valence electrons. The lowest BCUT2D eigenvalue weighted by Gasteiger charge is -2.41. The molecule has 0 fully saturated rings. The van der Waals surface area contributed by atoms with Crippen LogP contribution in [0.25, 0.3) is 53.0 Å². The van der Waals surface area contributed by atoms with Gasteiger partial charge in [0.25, 0.3) is 0 Å². The van der Waals surface area contributed by atoms with Gasteiger partial charge in [-0.15, -0.1) is 11.3 Å². The molecule has 2 heterocycles. The molecule has 0 saturated carbocycles. The molecule has 0 radical (unpaired) electrons. The zero-order chi connectivity index (χ0) is 27.3. The summed E-state index contributed by atoms with van der Waals surface area (Å²) < 4.78 is 2.75. The van der Waals surface area contributed by atoms with E-state index in [1.807, 2.05) is 17.5 Å². The number of benzene rings is 4. The largest absolute Gasteiger partial charge is 0.256 e. The maximum Gasteiger partial charge on any atom is 0.0781 e. The van der Waals surface area contributed by atoms with Crippen molar-refractivity contribution in [2.75, 3.05) is 0 Å². The van der Waals surface area contributed by atoms with Gasteiger partial charge in [0.15, 0.2) is 0 Å². The minimum atomic E-state index is 0.0413. The molecule has 39 heavy (non-hydrogen) atoms. The van der Waals surface area contributed by atoms with Gasteiger partial charge in [0.2, 0.25) is 0 Å². The van der Waals surface area contributed by atoms with Crippen LogP contribution in [0.3, 0.4) is 0 Å². The van der Waals surface area contributed by atoms with Crippen LogP contribution in [-0.2, 0) is 16.2 Å². The van der Waals surface area contributed by atoms with Crippen molar-refractivity contribution in [3.63, 3.8) is 0 Å². The molecule has 2 heteroatoms. The molecule has 0 spiro atoms. The molecule has 0 atom stereocenters. The predicted octanol–water partition coefficient (Wildman–Crippen LogP) is 11.1. The van der Waals surface area contributed by atoms with Crippen molar-refractivity contribution in [3.05, 3.63) is 89.6 Å². The van der Waals surface area contributed by atoms with Crippen LogP contribution in [0.2, 0.25) is 0 Å². The molecule has 2 aromatic heterocycles. The van der Waals surface area contributed by atoms with E-state index >= 15 is 0 Å². The van der Waals surface area contributed by atoms with Gasteiger partial charge in [-0.1, -0.05) is 72.7 Å². The highest BCUT2D eigenvalue weighted by atomic mass is 32.1. The topological polar surface area (TPSA) is 12.9 Å². The van der Waals surface area contributed by atoms with Crippen LogP contribution in [0.1, 0.15) is 78.0 Å². The molecule has 0 saturated heterocycles. The highest BCUT2D eigenvalue weighted by Crippen LogP contribution is 2.49. The van der Waals surface area contributed by atoms with E-state index < -0.39 is 0 Å². The molecule has 1 aliphatic carbocycles. The Morgan fingerprint density at radius 2 is 1.31 bits per heavy atom. The van der Waals surface area contributed by atoms with Crippen LogP contribution in [0.4, 0.5) is 0 Å². The van der Waals surface area contributed by atoms with E-state index in [9.17, 15) is 0 Å². The number of nitrogens with zero attached hydrogens (tertiary/aromatic N) is 1. The lowest BCUT2D eigenvalue weighted by Crippen LogP contribution is -2.33. The summed E-state index contributed by atoms with van der Waals surface area (Å²) in [6.07, 6.45) is 4.46. The number of fused-ring (bicyclic) bond motifs is 6. The van der Waals surface area contributed by atoms with Crippen molar-refractivity contribution >= 4 is 53.1 Å². The Morgan fingerprint density at radius 3 is 2.05 bits per heavy atom. The standard InChI is InChI=1S/C37H37NS/c1-35(2,3)29-18-24(16-22-10-8-9-11-25(22)29)34-26-20-32-27(17-23(26)12-15-38-34)28-19-30-31(21-33(28)39-32)37(6,7)14-13-36(30,4)5/h8-12,15-21H,13-14H2,1-7H3. The third kappa shape index (κ3) is 3.83. The minimum Gasteiger partial charge on any atom is -0.256 e. The third-order valence-electron chi connectivity index (χ3n) is 9.27. The lowest BCUT2D eigenvalue weighted by molar-refractivity contribution is 0.332. The van der Waals surface area contributed by atoms with Crippen molar-refractivity contribution in [1.29, 1.82) is 0 Å². The molecule has 6 aromatic rings.